The number of piperazine rings is 1. The van der Waals surface area contributed by atoms with Crippen LogP contribution in [-0.4, -0.2) is 52.8 Å². The zero-order valence-corrected chi connectivity index (χ0v) is 16.8. The van der Waals surface area contributed by atoms with Gasteiger partial charge >= 0.3 is 5.97 Å². The number of carboxylic acids is 1. The van der Waals surface area contributed by atoms with Crippen molar-refractivity contribution in [2.24, 2.45) is 0 Å². The minimum Gasteiger partial charge on any atom is -0.477 e. The van der Waals surface area contributed by atoms with Gasteiger partial charge in [0.25, 0.3) is 0 Å². The summed E-state index contributed by atoms with van der Waals surface area (Å²) in [5, 5.41) is 8.86. The Morgan fingerprint density at radius 2 is 1.81 bits per heavy atom. The fourth-order valence-corrected chi connectivity index (χ4v) is 4.83. The third-order valence-corrected chi connectivity index (χ3v) is 6.36. The van der Waals surface area contributed by atoms with Crippen molar-refractivity contribution in [1.82, 2.24) is 9.47 Å². The Kier molecular flexibility index (Phi) is 4.52. The molecule has 6 nitrogen and oxygen atoms in total. The molecule has 10 heteroatoms. The number of pyridine rings is 1. The maximum Gasteiger partial charge on any atom is 0.341 e. The van der Waals surface area contributed by atoms with Gasteiger partial charge in [-0.05, 0) is 31.7 Å². The Morgan fingerprint density at radius 3 is 2.41 bits per heavy atom. The molecular weight excluding hydrogens is 430 g/mol. The largest absolute Gasteiger partial charge is 0.477 e. The number of hydrogen-bond donors (Lipinski definition) is 1. The Hall–Kier alpha value is -3.40. The molecule has 1 N–H and O–H groups in total. The minimum absolute atomic E-state index is 0.126. The number of nitrogens with zero attached hydrogens (tertiary/aromatic N) is 3. The number of anilines is 1. The second-order valence-electron chi connectivity index (χ2n) is 8.20. The molecular formula is C22H17F4N3O3. The molecule has 2 aliphatic heterocycles. The highest BCUT2D eigenvalue weighted by Crippen LogP contribution is 2.39. The van der Waals surface area contributed by atoms with Crippen molar-refractivity contribution < 1.29 is 27.5 Å². The molecule has 0 amide bonds. The molecule has 3 aromatic rings. The number of benzene rings is 2. The summed E-state index contributed by atoms with van der Waals surface area (Å²) in [5.74, 6) is -5.74. The predicted octanol–water partition coefficient (Wildman–Crippen LogP) is 3.14. The van der Waals surface area contributed by atoms with Crippen molar-refractivity contribution >= 4 is 22.6 Å². The SMILES string of the molecule is CN1C[C@@H]2C[C@H]1CN2c1c(F)cc2c(=O)c(C(=O)O)cn(-c3ccc(F)cc3F)c2c1F. The molecule has 1 aromatic heterocycles. The molecule has 0 aliphatic carbocycles. The van der Waals surface area contributed by atoms with Gasteiger partial charge < -0.3 is 14.6 Å². The highest BCUT2D eigenvalue weighted by Gasteiger charge is 2.43. The molecule has 2 atom stereocenters. The zero-order chi connectivity index (χ0) is 22.9. The number of likely N-dealkylation sites (tertiary alicyclic amines) is 1. The van der Waals surface area contributed by atoms with E-state index in [9.17, 15) is 23.5 Å². The van der Waals surface area contributed by atoms with Gasteiger partial charge in [-0.25, -0.2) is 22.4 Å². The number of likely N-dealkylation sites (N-methyl/N-ethyl adjacent to an activating group) is 1. The number of aromatic nitrogens is 1. The minimum atomic E-state index is -1.64. The van der Waals surface area contributed by atoms with Crippen molar-refractivity contribution in [3.63, 3.8) is 0 Å². The summed E-state index contributed by atoms with van der Waals surface area (Å²) >= 11 is 0. The Morgan fingerprint density at radius 1 is 1.06 bits per heavy atom. The van der Waals surface area contributed by atoms with Gasteiger partial charge in [-0.1, -0.05) is 0 Å². The van der Waals surface area contributed by atoms with E-state index in [1.165, 1.54) is 0 Å². The standard InChI is InChI=1S/C22H17F4N3O3/c1-27-7-12-5-11(27)8-28(12)20-16(25)6-13-19(18(20)26)29(9-14(21(13)30)22(31)32)17-3-2-10(23)4-15(17)24/h2-4,6,9,11-12H,5,7-8H2,1H3,(H,31,32)/t11-,12-/m0/s1. The molecule has 3 heterocycles. The maximum absolute atomic E-state index is 15.9. The van der Waals surface area contributed by atoms with E-state index in [-0.39, 0.29) is 23.5 Å². The first-order valence-electron chi connectivity index (χ1n) is 9.90. The highest BCUT2D eigenvalue weighted by atomic mass is 19.1. The summed E-state index contributed by atoms with van der Waals surface area (Å²) in [6, 6.07) is 3.25. The van der Waals surface area contributed by atoms with Crippen molar-refractivity contribution in [1.29, 1.82) is 0 Å². The maximum atomic E-state index is 15.9. The monoisotopic (exact) mass is 447 g/mol. The first kappa shape index (κ1) is 20.5. The first-order valence-corrected chi connectivity index (χ1v) is 9.90. The molecule has 2 fully saturated rings. The third kappa shape index (κ3) is 2.89. The van der Waals surface area contributed by atoms with Gasteiger partial charge in [-0.15, -0.1) is 0 Å². The molecule has 0 unspecified atom stereocenters. The van der Waals surface area contributed by atoms with Crippen LogP contribution in [0.1, 0.15) is 16.8 Å². The van der Waals surface area contributed by atoms with Gasteiger partial charge in [0.1, 0.15) is 28.7 Å². The Balaban J connectivity index is 1.83. The molecule has 0 spiro atoms. The van der Waals surface area contributed by atoms with Crippen molar-refractivity contribution in [3.05, 3.63) is 69.5 Å². The lowest BCUT2D eigenvalue weighted by Gasteiger charge is -2.34. The van der Waals surface area contributed by atoms with Crippen molar-refractivity contribution in [3.8, 4) is 5.69 Å². The molecule has 2 aliphatic rings. The average Bonchev–Trinajstić information content (AvgIpc) is 3.28. The number of carboxylic acid groups (broad SMARTS) is 1. The number of hydrogen-bond acceptors (Lipinski definition) is 4. The van der Waals surface area contributed by atoms with Crippen LogP contribution in [0, 0.1) is 23.3 Å². The molecule has 5 rings (SSSR count). The van der Waals surface area contributed by atoms with Crippen LogP contribution in [0.5, 0.6) is 0 Å². The highest BCUT2D eigenvalue weighted by molar-refractivity contribution is 5.94. The molecule has 2 aromatic carbocycles. The summed E-state index contributed by atoms with van der Waals surface area (Å²) in [5.41, 5.74) is -3.10. The van der Waals surface area contributed by atoms with Crippen LogP contribution in [0.2, 0.25) is 0 Å². The summed E-state index contributed by atoms with van der Waals surface area (Å²) in [4.78, 5) is 28.0. The molecule has 32 heavy (non-hydrogen) atoms. The smallest absolute Gasteiger partial charge is 0.341 e. The predicted molar refractivity (Wildman–Crippen MR) is 109 cm³/mol. The van der Waals surface area contributed by atoms with E-state index in [0.717, 1.165) is 35.4 Å². The average molecular weight is 447 g/mol. The Bertz CT molecular complexity index is 1350. The summed E-state index contributed by atoms with van der Waals surface area (Å²) < 4.78 is 59.8. The van der Waals surface area contributed by atoms with Crippen LogP contribution in [-0.2, 0) is 0 Å². The fraction of sp³-hybridized carbons (Fsp3) is 0.273. The van der Waals surface area contributed by atoms with Gasteiger partial charge in [-0.2, -0.15) is 0 Å². The lowest BCUT2D eigenvalue weighted by atomic mass is 10.1. The van der Waals surface area contributed by atoms with Gasteiger partial charge in [0, 0.05) is 37.4 Å². The van der Waals surface area contributed by atoms with Crippen LogP contribution in [0.3, 0.4) is 0 Å². The fourth-order valence-electron chi connectivity index (χ4n) is 4.83. The molecule has 0 radical (unpaired) electrons. The van der Waals surface area contributed by atoms with Crippen LogP contribution in [0.15, 0.2) is 35.3 Å². The number of carbonyl (C=O) groups is 1. The summed E-state index contributed by atoms with van der Waals surface area (Å²) in [6.07, 6.45) is 1.50. The van der Waals surface area contributed by atoms with Crippen molar-refractivity contribution in [2.75, 3.05) is 25.0 Å². The Labute approximate surface area is 178 Å². The van der Waals surface area contributed by atoms with Crippen molar-refractivity contribution in [2.45, 2.75) is 18.5 Å². The van der Waals surface area contributed by atoms with Gasteiger partial charge in [0.2, 0.25) is 5.43 Å². The number of aromatic carboxylic acids is 1. The van der Waals surface area contributed by atoms with Crippen LogP contribution in [0.25, 0.3) is 16.6 Å². The van der Waals surface area contributed by atoms with E-state index >= 15 is 8.78 Å². The van der Waals surface area contributed by atoms with Gasteiger partial charge in [0.05, 0.1) is 16.6 Å². The summed E-state index contributed by atoms with van der Waals surface area (Å²) in [6.45, 7) is 0.988. The first-order chi connectivity index (χ1) is 15.2. The zero-order valence-electron chi connectivity index (χ0n) is 16.8. The normalized spacial score (nSPS) is 20.5. The van der Waals surface area contributed by atoms with E-state index in [1.54, 1.807) is 4.90 Å². The number of fused-ring (bicyclic) bond motifs is 3. The lowest BCUT2D eigenvalue weighted by molar-refractivity contribution is 0.0695. The molecule has 0 saturated carbocycles. The lowest BCUT2D eigenvalue weighted by Crippen LogP contribution is -2.45. The van der Waals surface area contributed by atoms with E-state index in [4.69, 9.17) is 0 Å². The third-order valence-electron chi connectivity index (χ3n) is 6.36. The summed E-state index contributed by atoms with van der Waals surface area (Å²) in [7, 11) is 1.93. The van der Waals surface area contributed by atoms with E-state index < -0.39 is 51.1 Å². The second kappa shape index (κ2) is 7.06. The molecule has 166 valence electrons. The molecule has 2 saturated heterocycles. The van der Waals surface area contributed by atoms with E-state index in [2.05, 4.69) is 4.90 Å². The number of rotatable bonds is 3. The van der Waals surface area contributed by atoms with Crippen LogP contribution >= 0.6 is 0 Å². The quantitative estimate of drug-likeness (QED) is 0.625. The molecule has 2 bridgehead atoms. The van der Waals surface area contributed by atoms with E-state index in [1.807, 2.05) is 7.05 Å². The van der Waals surface area contributed by atoms with Crippen LogP contribution < -0.4 is 10.3 Å². The topological polar surface area (TPSA) is 65.8 Å². The van der Waals surface area contributed by atoms with E-state index in [0.29, 0.717) is 19.2 Å². The van der Waals surface area contributed by atoms with Crippen LogP contribution in [0.4, 0.5) is 23.2 Å². The second-order valence-corrected chi connectivity index (χ2v) is 8.20. The van der Waals surface area contributed by atoms with Gasteiger partial charge in [-0.3, -0.25) is 9.69 Å². The van der Waals surface area contributed by atoms with Gasteiger partial charge in [0.15, 0.2) is 5.82 Å². The number of halogens is 4.